The van der Waals surface area contributed by atoms with Gasteiger partial charge < -0.3 is 5.11 Å². The van der Waals surface area contributed by atoms with Crippen LogP contribution in [0.25, 0.3) is 0 Å². The number of rotatable bonds is 2. The molecule has 0 amide bonds. The SMILES string of the molecule is CC1(C(O)C2=CCCCCCC2)CCCS1. The van der Waals surface area contributed by atoms with E-state index < -0.39 is 0 Å². The topological polar surface area (TPSA) is 20.2 Å². The number of hydrogen-bond donors (Lipinski definition) is 1. The summed E-state index contributed by atoms with van der Waals surface area (Å²) in [6, 6.07) is 0. The van der Waals surface area contributed by atoms with Crippen LogP contribution in [-0.4, -0.2) is 21.7 Å². The predicted molar refractivity (Wildman–Crippen MR) is 71.9 cm³/mol. The highest BCUT2D eigenvalue weighted by Gasteiger charge is 2.38. The molecule has 1 nitrogen and oxygen atoms in total. The van der Waals surface area contributed by atoms with E-state index in [2.05, 4.69) is 13.0 Å². The summed E-state index contributed by atoms with van der Waals surface area (Å²) in [5, 5.41) is 10.6. The fraction of sp³-hybridized carbons (Fsp3) is 0.857. The van der Waals surface area contributed by atoms with Crippen molar-refractivity contribution in [2.24, 2.45) is 0 Å². The molecule has 1 saturated heterocycles. The standard InChI is InChI=1S/C14H24OS/c1-14(10-7-11-16-14)13(15)12-8-5-3-2-4-6-9-12/h8,13,15H,2-7,9-11H2,1H3. The Hall–Kier alpha value is 0.0500. The minimum Gasteiger partial charge on any atom is -0.387 e. The van der Waals surface area contributed by atoms with Gasteiger partial charge in [-0.3, -0.25) is 0 Å². The van der Waals surface area contributed by atoms with Crippen LogP contribution in [0, 0.1) is 0 Å². The Kier molecular flexibility index (Phi) is 4.37. The van der Waals surface area contributed by atoms with Crippen molar-refractivity contribution < 1.29 is 5.11 Å². The first kappa shape index (κ1) is 12.5. The van der Waals surface area contributed by atoms with Crippen molar-refractivity contribution in [2.45, 2.75) is 69.1 Å². The summed E-state index contributed by atoms with van der Waals surface area (Å²) in [5.41, 5.74) is 1.33. The van der Waals surface area contributed by atoms with Gasteiger partial charge in [-0.25, -0.2) is 0 Å². The molecule has 1 aliphatic heterocycles. The van der Waals surface area contributed by atoms with Crippen LogP contribution in [0.5, 0.6) is 0 Å². The van der Waals surface area contributed by atoms with Crippen molar-refractivity contribution in [3.63, 3.8) is 0 Å². The van der Waals surface area contributed by atoms with Crippen molar-refractivity contribution in [2.75, 3.05) is 5.75 Å². The molecule has 92 valence electrons. The number of aliphatic hydroxyl groups excluding tert-OH is 1. The third-order valence-corrected chi connectivity index (χ3v) is 5.58. The molecule has 2 rings (SSSR count). The molecule has 2 unspecified atom stereocenters. The highest BCUT2D eigenvalue weighted by atomic mass is 32.2. The van der Waals surface area contributed by atoms with E-state index in [0.717, 1.165) is 6.42 Å². The first-order valence-electron chi connectivity index (χ1n) is 6.73. The van der Waals surface area contributed by atoms with Crippen LogP contribution in [0.2, 0.25) is 0 Å². The van der Waals surface area contributed by atoms with Crippen molar-refractivity contribution in [1.82, 2.24) is 0 Å². The molecule has 2 heteroatoms. The summed E-state index contributed by atoms with van der Waals surface area (Å²) in [6.45, 7) is 2.24. The van der Waals surface area contributed by atoms with Crippen molar-refractivity contribution in [3.8, 4) is 0 Å². The second-order valence-electron chi connectivity index (χ2n) is 5.40. The summed E-state index contributed by atoms with van der Waals surface area (Å²) in [4.78, 5) is 0. The normalized spacial score (nSPS) is 34.0. The maximum Gasteiger partial charge on any atom is 0.0894 e. The molecule has 1 heterocycles. The summed E-state index contributed by atoms with van der Waals surface area (Å²) in [7, 11) is 0. The number of aliphatic hydroxyl groups is 1. The van der Waals surface area contributed by atoms with Crippen LogP contribution in [0.3, 0.4) is 0 Å². The smallest absolute Gasteiger partial charge is 0.0894 e. The Morgan fingerprint density at radius 3 is 2.81 bits per heavy atom. The maximum absolute atomic E-state index is 10.6. The molecule has 0 aromatic carbocycles. The van der Waals surface area contributed by atoms with Gasteiger partial charge in [0.2, 0.25) is 0 Å². The fourth-order valence-corrected chi connectivity index (χ4v) is 4.23. The molecule has 0 spiro atoms. The first-order valence-corrected chi connectivity index (χ1v) is 7.72. The zero-order valence-corrected chi connectivity index (χ0v) is 11.2. The van der Waals surface area contributed by atoms with Gasteiger partial charge in [-0.2, -0.15) is 11.8 Å². The van der Waals surface area contributed by atoms with E-state index in [-0.39, 0.29) is 10.9 Å². The third kappa shape index (κ3) is 2.84. The highest BCUT2D eigenvalue weighted by molar-refractivity contribution is 8.00. The Morgan fingerprint density at radius 2 is 2.06 bits per heavy atom. The predicted octanol–water partition coefficient (Wildman–Crippen LogP) is 3.91. The highest BCUT2D eigenvalue weighted by Crippen LogP contribution is 2.43. The molecule has 2 atom stereocenters. The quantitative estimate of drug-likeness (QED) is 0.738. The largest absolute Gasteiger partial charge is 0.387 e. The molecule has 1 aliphatic carbocycles. The average Bonchev–Trinajstić information content (AvgIpc) is 2.65. The molecule has 0 radical (unpaired) electrons. The van der Waals surface area contributed by atoms with Crippen LogP contribution in [0.15, 0.2) is 11.6 Å². The van der Waals surface area contributed by atoms with Gasteiger partial charge in [-0.15, -0.1) is 0 Å². The number of thioether (sulfide) groups is 1. The lowest BCUT2D eigenvalue weighted by Gasteiger charge is -2.31. The number of hydrogen-bond acceptors (Lipinski definition) is 2. The molecule has 1 N–H and O–H groups in total. The zero-order chi connectivity index (χ0) is 11.4. The maximum atomic E-state index is 10.6. The van der Waals surface area contributed by atoms with Crippen LogP contribution in [0.1, 0.15) is 58.3 Å². The molecule has 2 aliphatic rings. The molecular formula is C14H24OS. The van der Waals surface area contributed by atoms with Crippen LogP contribution < -0.4 is 0 Å². The van der Waals surface area contributed by atoms with E-state index >= 15 is 0 Å². The van der Waals surface area contributed by atoms with E-state index in [9.17, 15) is 5.11 Å². The first-order chi connectivity index (χ1) is 7.72. The second-order valence-corrected chi connectivity index (χ2v) is 7.03. The lowest BCUT2D eigenvalue weighted by molar-refractivity contribution is 0.162. The number of allylic oxidation sites excluding steroid dienone is 1. The third-order valence-electron chi connectivity index (χ3n) is 4.01. The van der Waals surface area contributed by atoms with Gasteiger partial charge in [0.25, 0.3) is 0 Å². The Balaban J connectivity index is 2.03. The summed E-state index contributed by atoms with van der Waals surface area (Å²) in [5.74, 6) is 1.22. The molecule has 0 saturated carbocycles. The Bertz CT molecular complexity index is 253. The van der Waals surface area contributed by atoms with Gasteiger partial charge in [0, 0.05) is 4.75 Å². The van der Waals surface area contributed by atoms with Gasteiger partial charge in [-0.1, -0.05) is 18.9 Å². The van der Waals surface area contributed by atoms with Gasteiger partial charge >= 0.3 is 0 Å². The van der Waals surface area contributed by atoms with Crippen molar-refractivity contribution >= 4 is 11.8 Å². The van der Waals surface area contributed by atoms with E-state index in [4.69, 9.17) is 0 Å². The average molecular weight is 240 g/mol. The lowest BCUT2D eigenvalue weighted by Crippen LogP contribution is -2.35. The van der Waals surface area contributed by atoms with Crippen molar-refractivity contribution in [1.29, 1.82) is 0 Å². The van der Waals surface area contributed by atoms with Crippen molar-refractivity contribution in [3.05, 3.63) is 11.6 Å². The monoisotopic (exact) mass is 240 g/mol. The van der Waals surface area contributed by atoms with E-state index in [1.165, 1.54) is 56.3 Å². The van der Waals surface area contributed by atoms with Gasteiger partial charge in [0.15, 0.2) is 0 Å². The minimum atomic E-state index is -0.196. The van der Waals surface area contributed by atoms with Gasteiger partial charge in [0.05, 0.1) is 6.10 Å². The van der Waals surface area contributed by atoms with E-state index in [1.807, 2.05) is 11.8 Å². The minimum absolute atomic E-state index is 0.102. The molecular weight excluding hydrogens is 216 g/mol. The lowest BCUT2D eigenvalue weighted by atomic mass is 9.88. The summed E-state index contributed by atoms with van der Waals surface area (Å²) >= 11 is 1.97. The fourth-order valence-electron chi connectivity index (χ4n) is 2.87. The molecule has 16 heavy (non-hydrogen) atoms. The zero-order valence-electron chi connectivity index (χ0n) is 10.4. The molecule has 0 aromatic heterocycles. The molecule has 1 fully saturated rings. The summed E-state index contributed by atoms with van der Waals surface area (Å²) in [6.07, 6.45) is 12.2. The van der Waals surface area contributed by atoms with Crippen LogP contribution in [-0.2, 0) is 0 Å². The van der Waals surface area contributed by atoms with Gasteiger partial charge in [-0.05, 0) is 56.8 Å². The molecule has 0 aromatic rings. The van der Waals surface area contributed by atoms with E-state index in [1.54, 1.807) is 0 Å². The van der Waals surface area contributed by atoms with Crippen LogP contribution in [0.4, 0.5) is 0 Å². The molecule has 0 bridgehead atoms. The second kappa shape index (κ2) is 5.59. The summed E-state index contributed by atoms with van der Waals surface area (Å²) < 4.78 is 0.102. The van der Waals surface area contributed by atoms with E-state index in [0.29, 0.717) is 0 Å². The Labute approximate surface area is 104 Å². The van der Waals surface area contributed by atoms with Gasteiger partial charge in [0.1, 0.15) is 0 Å². The Morgan fingerprint density at radius 1 is 1.25 bits per heavy atom. The van der Waals surface area contributed by atoms with Crippen LogP contribution >= 0.6 is 11.8 Å².